The van der Waals surface area contributed by atoms with Gasteiger partial charge < -0.3 is 10.6 Å². The molecule has 0 spiro atoms. The summed E-state index contributed by atoms with van der Waals surface area (Å²) in [6.07, 6.45) is 6.17. The largest absolute Gasteiger partial charge is 0.342 e. The first-order valence-electron chi connectivity index (χ1n) is 6.16. The highest BCUT2D eigenvalue weighted by atomic mass is 16.2. The Morgan fingerprint density at radius 3 is 2.67 bits per heavy atom. The second kappa shape index (κ2) is 4.12. The smallest absolute Gasteiger partial charge is 0.224 e. The highest BCUT2D eigenvalue weighted by molar-refractivity contribution is 5.77. The molecular formula is C12H22N2O. The van der Waals surface area contributed by atoms with Crippen molar-refractivity contribution in [3.63, 3.8) is 0 Å². The summed E-state index contributed by atoms with van der Waals surface area (Å²) in [5.41, 5.74) is 6.04. The number of amides is 1. The number of rotatable bonds is 2. The van der Waals surface area contributed by atoms with Crippen LogP contribution in [0.4, 0.5) is 0 Å². The molecule has 15 heavy (non-hydrogen) atoms. The summed E-state index contributed by atoms with van der Waals surface area (Å²) >= 11 is 0. The number of carbonyl (C=O) groups is 1. The predicted molar refractivity (Wildman–Crippen MR) is 60.4 cm³/mol. The van der Waals surface area contributed by atoms with Gasteiger partial charge in [-0.3, -0.25) is 4.79 Å². The Morgan fingerprint density at radius 2 is 2.13 bits per heavy atom. The van der Waals surface area contributed by atoms with Crippen molar-refractivity contribution in [1.29, 1.82) is 0 Å². The number of nitrogens with two attached hydrogens (primary N) is 1. The SMILES string of the molecule is CC1CCN(C(=O)CC2(N)CCCC2)C1. The van der Waals surface area contributed by atoms with Crippen LogP contribution < -0.4 is 5.73 Å². The topological polar surface area (TPSA) is 46.3 Å². The maximum Gasteiger partial charge on any atom is 0.224 e. The molecule has 3 heteroatoms. The molecule has 1 unspecified atom stereocenters. The third kappa shape index (κ3) is 2.51. The van der Waals surface area contributed by atoms with Crippen LogP contribution in [-0.4, -0.2) is 29.4 Å². The van der Waals surface area contributed by atoms with E-state index in [1.807, 2.05) is 4.90 Å². The highest BCUT2D eigenvalue weighted by Gasteiger charge is 2.34. The molecule has 0 aromatic carbocycles. The molecule has 1 aliphatic carbocycles. The molecule has 0 radical (unpaired) electrons. The molecule has 0 aromatic heterocycles. The van der Waals surface area contributed by atoms with Crippen LogP contribution >= 0.6 is 0 Å². The monoisotopic (exact) mass is 210 g/mol. The number of carbonyl (C=O) groups excluding carboxylic acids is 1. The summed E-state index contributed by atoms with van der Waals surface area (Å²) in [6.45, 7) is 4.09. The lowest BCUT2D eigenvalue weighted by Gasteiger charge is -2.26. The Hall–Kier alpha value is -0.570. The van der Waals surface area contributed by atoms with Gasteiger partial charge in [-0.2, -0.15) is 0 Å². The van der Waals surface area contributed by atoms with E-state index in [1.54, 1.807) is 0 Å². The van der Waals surface area contributed by atoms with E-state index in [4.69, 9.17) is 5.73 Å². The Labute approximate surface area is 92.0 Å². The van der Waals surface area contributed by atoms with Gasteiger partial charge in [0, 0.05) is 25.0 Å². The second-order valence-electron chi connectivity index (χ2n) is 5.48. The summed E-state index contributed by atoms with van der Waals surface area (Å²) in [4.78, 5) is 14.0. The average molecular weight is 210 g/mol. The van der Waals surface area contributed by atoms with E-state index < -0.39 is 0 Å². The molecule has 2 fully saturated rings. The summed E-state index contributed by atoms with van der Waals surface area (Å²) in [5.74, 6) is 0.954. The number of likely N-dealkylation sites (tertiary alicyclic amines) is 1. The van der Waals surface area contributed by atoms with E-state index in [2.05, 4.69) is 6.92 Å². The van der Waals surface area contributed by atoms with Gasteiger partial charge in [-0.05, 0) is 25.2 Å². The zero-order valence-corrected chi connectivity index (χ0v) is 9.67. The van der Waals surface area contributed by atoms with Gasteiger partial charge in [0.15, 0.2) is 0 Å². The van der Waals surface area contributed by atoms with E-state index in [0.717, 1.165) is 32.4 Å². The van der Waals surface area contributed by atoms with Crippen LogP contribution in [0.1, 0.15) is 45.4 Å². The minimum atomic E-state index is -0.178. The minimum Gasteiger partial charge on any atom is -0.342 e. The molecule has 1 amide bonds. The lowest BCUT2D eigenvalue weighted by Crippen LogP contribution is -2.43. The fourth-order valence-electron chi connectivity index (χ4n) is 2.83. The quantitative estimate of drug-likeness (QED) is 0.751. The molecule has 3 nitrogen and oxygen atoms in total. The van der Waals surface area contributed by atoms with Crippen molar-refractivity contribution >= 4 is 5.91 Å². The molecule has 2 rings (SSSR count). The lowest BCUT2D eigenvalue weighted by molar-refractivity contribution is -0.131. The average Bonchev–Trinajstić information content (AvgIpc) is 2.75. The van der Waals surface area contributed by atoms with Crippen molar-refractivity contribution in [2.45, 2.75) is 51.0 Å². The first-order chi connectivity index (χ1) is 7.09. The molecule has 0 bridgehead atoms. The molecular weight excluding hydrogens is 188 g/mol. The summed E-state index contributed by atoms with van der Waals surface area (Å²) < 4.78 is 0. The Balaban J connectivity index is 1.86. The first kappa shape index (κ1) is 10.9. The third-order valence-electron chi connectivity index (χ3n) is 3.88. The fraction of sp³-hybridized carbons (Fsp3) is 0.917. The molecule has 1 saturated carbocycles. The molecule has 1 heterocycles. The fourth-order valence-corrected chi connectivity index (χ4v) is 2.83. The lowest BCUT2D eigenvalue weighted by atomic mass is 9.94. The van der Waals surface area contributed by atoms with Crippen LogP contribution in [0.25, 0.3) is 0 Å². The summed E-state index contributed by atoms with van der Waals surface area (Å²) in [6, 6.07) is 0. The predicted octanol–water partition coefficient (Wildman–Crippen LogP) is 1.52. The number of hydrogen-bond donors (Lipinski definition) is 1. The maximum absolute atomic E-state index is 12.0. The van der Waals surface area contributed by atoms with Crippen LogP contribution in [0.15, 0.2) is 0 Å². The Bertz CT molecular complexity index is 246. The van der Waals surface area contributed by atoms with Gasteiger partial charge in [-0.1, -0.05) is 19.8 Å². The highest BCUT2D eigenvalue weighted by Crippen LogP contribution is 2.31. The van der Waals surface area contributed by atoms with Crippen LogP contribution in [0, 0.1) is 5.92 Å². The Morgan fingerprint density at radius 1 is 1.47 bits per heavy atom. The molecule has 1 aliphatic heterocycles. The van der Waals surface area contributed by atoms with Crippen molar-refractivity contribution in [1.82, 2.24) is 4.90 Å². The van der Waals surface area contributed by atoms with Gasteiger partial charge in [0.25, 0.3) is 0 Å². The minimum absolute atomic E-state index is 0.178. The summed E-state index contributed by atoms with van der Waals surface area (Å²) in [7, 11) is 0. The van der Waals surface area contributed by atoms with Crippen molar-refractivity contribution in [2.75, 3.05) is 13.1 Å². The van der Waals surface area contributed by atoms with Crippen molar-refractivity contribution in [2.24, 2.45) is 11.7 Å². The zero-order valence-electron chi connectivity index (χ0n) is 9.67. The number of nitrogens with zero attached hydrogens (tertiary/aromatic N) is 1. The van der Waals surface area contributed by atoms with E-state index >= 15 is 0 Å². The third-order valence-corrected chi connectivity index (χ3v) is 3.88. The normalized spacial score (nSPS) is 29.7. The van der Waals surface area contributed by atoms with Gasteiger partial charge in [0.2, 0.25) is 5.91 Å². The van der Waals surface area contributed by atoms with Crippen molar-refractivity contribution in [3.8, 4) is 0 Å². The van der Waals surface area contributed by atoms with Gasteiger partial charge in [0.1, 0.15) is 0 Å². The van der Waals surface area contributed by atoms with Gasteiger partial charge in [-0.15, -0.1) is 0 Å². The molecule has 2 N–H and O–H groups in total. The van der Waals surface area contributed by atoms with E-state index in [9.17, 15) is 4.79 Å². The zero-order chi connectivity index (χ0) is 10.9. The van der Waals surface area contributed by atoms with E-state index in [1.165, 1.54) is 12.8 Å². The summed E-state index contributed by atoms with van der Waals surface area (Å²) in [5, 5.41) is 0. The van der Waals surface area contributed by atoms with Crippen molar-refractivity contribution < 1.29 is 4.79 Å². The molecule has 86 valence electrons. The molecule has 1 saturated heterocycles. The van der Waals surface area contributed by atoms with Gasteiger partial charge >= 0.3 is 0 Å². The first-order valence-corrected chi connectivity index (χ1v) is 6.16. The van der Waals surface area contributed by atoms with Gasteiger partial charge in [-0.25, -0.2) is 0 Å². The van der Waals surface area contributed by atoms with Crippen LogP contribution in [0.3, 0.4) is 0 Å². The molecule has 0 aromatic rings. The maximum atomic E-state index is 12.0. The van der Waals surface area contributed by atoms with Gasteiger partial charge in [0.05, 0.1) is 0 Å². The van der Waals surface area contributed by atoms with E-state index in [-0.39, 0.29) is 11.4 Å². The van der Waals surface area contributed by atoms with Crippen LogP contribution in [0.2, 0.25) is 0 Å². The standard InChI is InChI=1S/C12H22N2O/c1-10-4-7-14(9-10)11(15)8-12(13)5-2-3-6-12/h10H,2-9,13H2,1H3. The van der Waals surface area contributed by atoms with Crippen LogP contribution in [-0.2, 0) is 4.79 Å². The second-order valence-corrected chi connectivity index (χ2v) is 5.48. The molecule has 1 atom stereocenters. The van der Waals surface area contributed by atoms with Crippen molar-refractivity contribution in [3.05, 3.63) is 0 Å². The van der Waals surface area contributed by atoms with E-state index in [0.29, 0.717) is 12.3 Å². The molecule has 2 aliphatic rings. The van der Waals surface area contributed by atoms with Crippen LogP contribution in [0.5, 0.6) is 0 Å². The number of hydrogen-bond acceptors (Lipinski definition) is 2. The Kier molecular flexibility index (Phi) is 3.01.